The highest BCUT2D eigenvalue weighted by Crippen LogP contribution is 2.18. The first-order chi connectivity index (χ1) is 15.2. The van der Waals surface area contributed by atoms with Crippen molar-refractivity contribution in [2.24, 2.45) is 5.92 Å². The summed E-state index contributed by atoms with van der Waals surface area (Å²) in [6.07, 6.45) is 0.0121. The molecule has 2 N–H and O–H groups in total. The molecule has 0 aliphatic rings. The Balaban J connectivity index is 2.85. The van der Waals surface area contributed by atoms with Crippen LogP contribution in [0.5, 0.6) is 5.75 Å². The van der Waals surface area contributed by atoms with E-state index < -0.39 is 29.9 Å². The first-order valence-electron chi connectivity index (χ1n) is 10.8. The standard InChI is InChI=1S/C23H34N2O7/c1-6-31-20(27)13-12-17(23(29)32-7-2)24-22(28)21(15(3)4)25-19(26)14-16-10-8-9-11-18(16)30-5/h8-11,15,17,21H,6-7,12-14H2,1-5H3,(H,24,28)(H,25,26)/t17-,21+/m1/s1. The highest BCUT2D eigenvalue weighted by atomic mass is 16.5. The molecule has 0 aliphatic heterocycles. The largest absolute Gasteiger partial charge is 0.496 e. The smallest absolute Gasteiger partial charge is 0.328 e. The van der Waals surface area contributed by atoms with Crippen LogP contribution < -0.4 is 15.4 Å². The fourth-order valence-electron chi connectivity index (χ4n) is 3.03. The third-order valence-corrected chi connectivity index (χ3v) is 4.64. The number of carbonyl (C=O) groups is 4. The highest BCUT2D eigenvalue weighted by Gasteiger charge is 2.30. The lowest BCUT2D eigenvalue weighted by Gasteiger charge is -2.25. The topological polar surface area (TPSA) is 120 Å². The van der Waals surface area contributed by atoms with Crippen molar-refractivity contribution in [3.05, 3.63) is 29.8 Å². The van der Waals surface area contributed by atoms with Crippen LogP contribution in [0.4, 0.5) is 0 Å². The van der Waals surface area contributed by atoms with Crippen molar-refractivity contribution < 1.29 is 33.4 Å². The number of esters is 2. The summed E-state index contributed by atoms with van der Waals surface area (Å²) in [5, 5.41) is 5.34. The van der Waals surface area contributed by atoms with Gasteiger partial charge in [0, 0.05) is 12.0 Å². The van der Waals surface area contributed by atoms with Gasteiger partial charge in [0.05, 0.1) is 26.7 Å². The van der Waals surface area contributed by atoms with Crippen molar-refractivity contribution in [2.45, 2.75) is 59.0 Å². The summed E-state index contributed by atoms with van der Waals surface area (Å²) in [5.41, 5.74) is 0.689. The van der Waals surface area contributed by atoms with Crippen LogP contribution in [0.1, 0.15) is 46.1 Å². The quantitative estimate of drug-likeness (QED) is 0.440. The summed E-state index contributed by atoms with van der Waals surface area (Å²) < 4.78 is 15.2. The molecule has 0 fully saturated rings. The molecule has 0 aromatic heterocycles. The van der Waals surface area contributed by atoms with E-state index in [-0.39, 0.29) is 44.3 Å². The number of rotatable bonds is 13. The lowest BCUT2D eigenvalue weighted by atomic mass is 10.0. The molecule has 32 heavy (non-hydrogen) atoms. The number of para-hydroxylation sites is 1. The van der Waals surface area contributed by atoms with E-state index in [4.69, 9.17) is 14.2 Å². The lowest BCUT2D eigenvalue weighted by Crippen LogP contribution is -2.54. The minimum absolute atomic E-state index is 0.0311. The molecule has 2 amide bonds. The fourth-order valence-corrected chi connectivity index (χ4v) is 3.03. The van der Waals surface area contributed by atoms with Gasteiger partial charge in [0.2, 0.25) is 11.8 Å². The first-order valence-corrected chi connectivity index (χ1v) is 10.8. The van der Waals surface area contributed by atoms with Crippen LogP contribution in [0.2, 0.25) is 0 Å². The zero-order valence-electron chi connectivity index (χ0n) is 19.4. The summed E-state index contributed by atoms with van der Waals surface area (Å²) in [4.78, 5) is 49.5. The molecule has 0 bridgehead atoms. The Hall–Kier alpha value is -3.10. The van der Waals surface area contributed by atoms with Crippen LogP contribution in [0.15, 0.2) is 24.3 Å². The number of ether oxygens (including phenoxy) is 3. The van der Waals surface area contributed by atoms with E-state index in [1.54, 1.807) is 52.0 Å². The zero-order valence-corrected chi connectivity index (χ0v) is 19.4. The average molecular weight is 451 g/mol. The van der Waals surface area contributed by atoms with Crippen LogP contribution >= 0.6 is 0 Å². The van der Waals surface area contributed by atoms with Crippen LogP contribution in [0.25, 0.3) is 0 Å². The molecule has 1 rings (SSSR count). The number of hydrogen-bond acceptors (Lipinski definition) is 7. The maximum Gasteiger partial charge on any atom is 0.328 e. The molecule has 9 heteroatoms. The van der Waals surface area contributed by atoms with Crippen LogP contribution in [-0.2, 0) is 35.1 Å². The van der Waals surface area contributed by atoms with Crippen LogP contribution in [0, 0.1) is 5.92 Å². The molecule has 1 aromatic carbocycles. The second-order valence-corrected chi connectivity index (χ2v) is 7.43. The predicted molar refractivity (Wildman–Crippen MR) is 118 cm³/mol. The Labute approximate surface area is 189 Å². The molecule has 0 radical (unpaired) electrons. The van der Waals surface area contributed by atoms with Crippen molar-refractivity contribution in [3.63, 3.8) is 0 Å². The highest BCUT2D eigenvalue weighted by molar-refractivity contribution is 5.91. The molecular weight excluding hydrogens is 416 g/mol. The van der Waals surface area contributed by atoms with E-state index in [1.165, 1.54) is 7.11 Å². The number of benzene rings is 1. The van der Waals surface area contributed by atoms with E-state index in [2.05, 4.69) is 10.6 Å². The van der Waals surface area contributed by atoms with Crippen molar-refractivity contribution in [3.8, 4) is 5.75 Å². The summed E-state index contributed by atoms with van der Waals surface area (Å²) in [7, 11) is 1.52. The minimum Gasteiger partial charge on any atom is -0.496 e. The summed E-state index contributed by atoms with van der Waals surface area (Å²) in [6, 6.07) is 5.22. The van der Waals surface area contributed by atoms with Gasteiger partial charge in [0.15, 0.2) is 0 Å². The monoisotopic (exact) mass is 450 g/mol. The Kier molecular flexibility index (Phi) is 11.8. The lowest BCUT2D eigenvalue weighted by molar-refractivity contribution is -0.149. The van der Waals surface area contributed by atoms with Gasteiger partial charge in [-0.3, -0.25) is 14.4 Å². The molecule has 0 unspecified atom stereocenters. The normalized spacial score (nSPS) is 12.4. The Morgan fingerprint density at radius 3 is 2.22 bits per heavy atom. The van der Waals surface area contributed by atoms with Crippen molar-refractivity contribution in [2.75, 3.05) is 20.3 Å². The van der Waals surface area contributed by atoms with Gasteiger partial charge < -0.3 is 24.8 Å². The fraction of sp³-hybridized carbons (Fsp3) is 0.565. The molecule has 178 valence electrons. The van der Waals surface area contributed by atoms with Gasteiger partial charge >= 0.3 is 11.9 Å². The Morgan fingerprint density at radius 1 is 0.969 bits per heavy atom. The minimum atomic E-state index is -1.03. The predicted octanol–water partition coefficient (Wildman–Crippen LogP) is 1.77. The first kappa shape index (κ1) is 26.9. The van der Waals surface area contributed by atoms with Crippen molar-refractivity contribution >= 4 is 23.8 Å². The zero-order chi connectivity index (χ0) is 24.1. The van der Waals surface area contributed by atoms with Crippen LogP contribution in [0.3, 0.4) is 0 Å². The van der Waals surface area contributed by atoms with E-state index in [0.29, 0.717) is 11.3 Å². The summed E-state index contributed by atoms with van der Waals surface area (Å²) in [6.45, 7) is 7.26. The number of methoxy groups -OCH3 is 1. The second kappa shape index (κ2) is 14.1. The number of amides is 2. The van der Waals surface area contributed by atoms with Gasteiger partial charge in [0.25, 0.3) is 0 Å². The Bertz CT molecular complexity index is 779. The average Bonchev–Trinajstić information content (AvgIpc) is 2.75. The molecule has 2 atom stereocenters. The van der Waals surface area contributed by atoms with Crippen molar-refractivity contribution in [1.82, 2.24) is 10.6 Å². The summed E-state index contributed by atoms with van der Waals surface area (Å²) in [5.74, 6) is -1.67. The van der Waals surface area contributed by atoms with E-state index in [0.717, 1.165) is 0 Å². The molecular formula is C23H34N2O7. The molecule has 9 nitrogen and oxygen atoms in total. The van der Waals surface area contributed by atoms with E-state index in [9.17, 15) is 19.2 Å². The van der Waals surface area contributed by atoms with Gasteiger partial charge in [-0.25, -0.2) is 4.79 Å². The van der Waals surface area contributed by atoms with Gasteiger partial charge in [-0.1, -0.05) is 32.0 Å². The van der Waals surface area contributed by atoms with Gasteiger partial charge in [-0.2, -0.15) is 0 Å². The summed E-state index contributed by atoms with van der Waals surface area (Å²) >= 11 is 0. The molecule has 0 saturated carbocycles. The van der Waals surface area contributed by atoms with Gasteiger partial charge in [-0.05, 0) is 32.3 Å². The third-order valence-electron chi connectivity index (χ3n) is 4.64. The van der Waals surface area contributed by atoms with Crippen molar-refractivity contribution in [1.29, 1.82) is 0 Å². The number of nitrogens with one attached hydrogen (secondary N) is 2. The van der Waals surface area contributed by atoms with E-state index in [1.807, 2.05) is 0 Å². The maximum atomic E-state index is 12.9. The number of carbonyl (C=O) groups excluding carboxylic acids is 4. The number of hydrogen-bond donors (Lipinski definition) is 2. The van der Waals surface area contributed by atoms with E-state index >= 15 is 0 Å². The van der Waals surface area contributed by atoms with Gasteiger partial charge in [-0.15, -0.1) is 0 Å². The Morgan fingerprint density at radius 2 is 1.62 bits per heavy atom. The third kappa shape index (κ3) is 8.95. The molecule has 0 heterocycles. The molecule has 0 spiro atoms. The SMILES string of the molecule is CCOC(=O)CC[C@@H](NC(=O)[C@@H](NC(=O)Cc1ccccc1OC)C(C)C)C(=O)OCC. The molecule has 0 saturated heterocycles. The second-order valence-electron chi connectivity index (χ2n) is 7.43. The maximum absolute atomic E-state index is 12.9. The van der Waals surface area contributed by atoms with Gasteiger partial charge in [0.1, 0.15) is 17.8 Å². The molecule has 0 aliphatic carbocycles. The van der Waals surface area contributed by atoms with Crippen LogP contribution in [-0.4, -0.2) is 56.2 Å². The molecule has 1 aromatic rings.